The van der Waals surface area contributed by atoms with E-state index in [0.29, 0.717) is 6.54 Å². The summed E-state index contributed by atoms with van der Waals surface area (Å²) in [5, 5.41) is 0. The lowest BCUT2D eigenvalue weighted by atomic mass is 10.1. The fourth-order valence-electron chi connectivity index (χ4n) is 1.44. The molecule has 0 fully saturated rings. The van der Waals surface area contributed by atoms with Gasteiger partial charge in [0, 0.05) is 0 Å². The van der Waals surface area contributed by atoms with E-state index in [1.807, 2.05) is 0 Å². The number of nitrogens with two attached hydrogens (primary N) is 1. The molecule has 0 amide bonds. The Morgan fingerprint density at radius 2 is 1.36 bits per heavy atom. The Kier molecular flexibility index (Phi) is 11.8. The Morgan fingerprint density at radius 1 is 0.857 bits per heavy atom. The summed E-state index contributed by atoms with van der Waals surface area (Å²) in [4.78, 5) is 13.2. The molecule has 3 nitrogen and oxygen atoms in total. The van der Waals surface area contributed by atoms with Gasteiger partial charge in [-0.2, -0.15) is 0 Å². The van der Waals surface area contributed by atoms with Crippen LogP contribution in [0, 0.1) is 0 Å². The predicted molar refractivity (Wildman–Crippen MR) is 59.0 cm³/mol. The zero-order chi connectivity index (χ0) is 10.5. The van der Waals surface area contributed by atoms with Gasteiger partial charge in [0.15, 0.2) is 0 Å². The molecule has 0 aromatic heterocycles. The maximum atomic E-state index is 9.74. The number of hydrogen-bond donors (Lipinski definition) is 1. The molecule has 0 aliphatic carbocycles. The molecule has 82 valence electrons. The van der Waals surface area contributed by atoms with E-state index in [4.69, 9.17) is 5.73 Å². The number of aliphatic imine (C=N–C) groups is 1. The van der Waals surface area contributed by atoms with Gasteiger partial charge in [0.1, 0.15) is 0 Å². The van der Waals surface area contributed by atoms with Crippen molar-refractivity contribution >= 4 is 6.08 Å². The first-order valence-corrected chi connectivity index (χ1v) is 5.65. The van der Waals surface area contributed by atoms with Crippen molar-refractivity contribution in [3.8, 4) is 0 Å². The largest absolute Gasteiger partial charge is 0.330 e. The summed E-state index contributed by atoms with van der Waals surface area (Å²) < 4.78 is 0. The van der Waals surface area contributed by atoms with Crippen molar-refractivity contribution in [2.24, 2.45) is 10.7 Å². The SMILES string of the molecule is NCCCCCCCCCCN=C=O. The van der Waals surface area contributed by atoms with Crippen LogP contribution in [-0.4, -0.2) is 19.2 Å². The normalized spacial score (nSPS) is 9.79. The van der Waals surface area contributed by atoms with Gasteiger partial charge in [0.05, 0.1) is 6.54 Å². The molecule has 3 heteroatoms. The highest BCUT2D eigenvalue weighted by molar-refractivity contribution is 5.32. The summed E-state index contributed by atoms with van der Waals surface area (Å²) in [6.45, 7) is 1.47. The van der Waals surface area contributed by atoms with Gasteiger partial charge in [0.2, 0.25) is 6.08 Å². The molecule has 0 aliphatic rings. The van der Waals surface area contributed by atoms with Crippen molar-refractivity contribution in [1.29, 1.82) is 0 Å². The Morgan fingerprint density at radius 3 is 1.86 bits per heavy atom. The minimum Gasteiger partial charge on any atom is -0.330 e. The van der Waals surface area contributed by atoms with E-state index in [0.717, 1.165) is 19.4 Å². The fraction of sp³-hybridized carbons (Fsp3) is 0.909. The van der Waals surface area contributed by atoms with Gasteiger partial charge in [0.25, 0.3) is 0 Å². The van der Waals surface area contributed by atoms with Crippen LogP contribution < -0.4 is 5.73 Å². The summed E-state index contributed by atoms with van der Waals surface area (Å²) in [6.07, 6.45) is 11.4. The molecule has 0 aliphatic heterocycles. The summed E-state index contributed by atoms with van der Waals surface area (Å²) >= 11 is 0. The van der Waals surface area contributed by atoms with Gasteiger partial charge in [-0.25, -0.2) is 9.79 Å². The third-order valence-electron chi connectivity index (χ3n) is 2.29. The minimum absolute atomic E-state index is 0.649. The van der Waals surface area contributed by atoms with Crippen LogP contribution in [0.3, 0.4) is 0 Å². The van der Waals surface area contributed by atoms with E-state index in [1.54, 1.807) is 6.08 Å². The Labute approximate surface area is 86.8 Å². The molecular weight excluding hydrogens is 176 g/mol. The average molecular weight is 198 g/mol. The van der Waals surface area contributed by atoms with Crippen molar-refractivity contribution in [2.75, 3.05) is 13.1 Å². The van der Waals surface area contributed by atoms with Gasteiger partial charge in [-0.1, -0.05) is 38.5 Å². The quantitative estimate of drug-likeness (QED) is 0.333. The van der Waals surface area contributed by atoms with E-state index in [9.17, 15) is 4.79 Å². The summed E-state index contributed by atoms with van der Waals surface area (Å²) in [6, 6.07) is 0. The van der Waals surface area contributed by atoms with Crippen LogP contribution in [0.25, 0.3) is 0 Å². The number of nitrogens with zero attached hydrogens (tertiary/aromatic N) is 1. The monoisotopic (exact) mass is 198 g/mol. The number of unbranched alkanes of at least 4 members (excludes halogenated alkanes) is 7. The Balaban J connectivity index is 2.88. The highest BCUT2D eigenvalue weighted by Crippen LogP contribution is 2.07. The maximum Gasteiger partial charge on any atom is 0.234 e. The van der Waals surface area contributed by atoms with Crippen LogP contribution in [0.1, 0.15) is 51.4 Å². The summed E-state index contributed by atoms with van der Waals surface area (Å²) in [5.74, 6) is 0. The minimum atomic E-state index is 0.649. The van der Waals surface area contributed by atoms with Crippen LogP contribution in [0.4, 0.5) is 0 Å². The van der Waals surface area contributed by atoms with Gasteiger partial charge in [-0.3, -0.25) is 0 Å². The Hall–Kier alpha value is -0.660. The zero-order valence-corrected chi connectivity index (χ0v) is 9.00. The van der Waals surface area contributed by atoms with Crippen LogP contribution in [0.2, 0.25) is 0 Å². The molecule has 0 aromatic carbocycles. The second-order valence-electron chi connectivity index (χ2n) is 3.59. The van der Waals surface area contributed by atoms with Gasteiger partial charge < -0.3 is 5.73 Å². The third kappa shape index (κ3) is 11.3. The standard InChI is InChI=1S/C11H22N2O/c12-9-7-5-3-1-2-4-6-8-10-13-11-14/h1-10,12H2. The lowest BCUT2D eigenvalue weighted by Crippen LogP contribution is -1.97. The van der Waals surface area contributed by atoms with E-state index in [-0.39, 0.29) is 0 Å². The highest BCUT2D eigenvalue weighted by atomic mass is 16.1. The van der Waals surface area contributed by atoms with E-state index >= 15 is 0 Å². The number of isocyanates is 1. The fourth-order valence-corrected chi connectivity index (χ4v) is 1.44. The number of rotatable bonds is 10. The molecule has 0 radical (unpaired) electrons. The van der Waals surface area contributed by atoms with Crippen molar-refractivity contribution in [2.45, 2.75) is 51.4 Å². The number of hydrogen-bond acceptors (Lipinski definition) is 3. The molecule has 0 spiro atoms. The molecule has 2 N–H and O–H groups in total. The average Bonchev–Trinajstić information content (AvgIpc) is 2.21. The zero-order valence-electron chi connectivity index (χ0n) is 9.00. The topological polar surface area (TPSA) is 55.4 Å². The molecule has 0 bridgehead atoms. The van der Waals surface area contributed by atoms with E-state index in [2.05, 4.69) is 4.99 Å². The molecule has 0 atom stereocenters. The van der Waals surface area contributed by atoms with Gasteiger partial charge in [-0.05, 0) is 19.4 Å². The summed E-state index contributed by atoms with van der Waals surface area (Å²) in [7, 11) is 0. The van der Waals surface area contributed by atoms with Crippen LogP contribution in [-0.2, 0) is 4.79 Å². The first-order chi connectivity index (χ1) is 6.91. The van der Waals surface area contributed by atoms with E-state index < -0.39 is 0 Å². The lowest BCUT2D eigenvalue weighted by Gasteiger charge is -1.99. The van der Waals surface area contributed by atoms with Crippen molar-refractivity contribution in [1.82, 2.24) is 0 Å². The smallest absolute Gasteiger partial charge is 0.234 e. The maximum absolute atomic E-state index is 9.74. The second-order valence-corrected chi connectivity index (χ2v) is 3.59. The molecule has 0 saturated heterocycles. The molecule has 0 heterocycles. The molecular formula is C11H22N2O. The molecule has 0 aromatic rings. The van der Waals surface area contributed by atoms with Crippen molar-refractivity contribution < 1.29 is 4.79 Å². The summed E-state index contributed by atoms with van der Waals surface area (Å²) in [5.41, 5.74) is 5.40. The van der Waals surface area contributed by atoms with Gasteiger partial charge >= 0.3 is 0 Å². The molecule has 0 unspecified atom stereocenters. The van der Waals surface area contributed by atoms with Crippen molar-refractivity contribution in [3.63, 3.8) is 0 Å². The number of carbonyl (C=O) groups excluding carboxylic acids is 1. The van der Waals surface area contributed by atoms with Crippen LogP contribution in [0.15, 0.2) is 4.99 Å². The third-order valence-corrected chi connectivity index (χ3v) is 2.29. The van der Waals surface area contributed by atoms with Crippen LogP contribution in [0.5, 0.6) is 0 Å². The molecule has 14 heavy (non-hydrogen) atoms. The first kappa shape index (κ1) is 13.3. The predicted octanol–water partition coefficient (Wildman–Crippen LogP) is 2.40. The Bertz CT molecular complexity index is 153. The first-order valence-electron chi connectivity index (χ1n) is 5.65. The van der Waals surface area contributed by atoms with Gasteiger partial charge in [-0.15, -0.1) is 0 Å². The molecule has 0 rings (SSSR count). The van der Waals surface area contributed by atoms with Crippen molar-refractivity contribution in [3.05, 3.63) is 0 Å². The molecule has 0 saturated carbocycles. The van der Waals surface area contributed by atoms with Crippen LogP contribution >= 0.6 is 0 Å². The van der Waals surface area contributed by atoms with E-state index in [1.165, 1.54) is 38.5 Å². The lowest BCUT2D eigenvalue weighted by molar-refractivity contribution is 0.557. The second kappa shape index (κ2) is 12.3. The highest BCUT2D eigenvalue weighted by Gasteiger charge is 1.91.